The van der Waals surface area contributed by atoms with Gasteiger partial charge in [-0.05, 0) is 65.7 Å². The van der Waals surface area contributed by atoms with E-state index >= 15 is 0 Å². The lowest BCUT2D eigenvalue weighted by atomic mass is 10.00. The Bertz CT molecular complexity index is 682. The molecule has 2 aromatic rings. The number of halogens is 2. The van der Waals surface area contributed by atoms with Gasteiger partial charge in [0.2, 0.25) is 0 Å². The highest BCUT2D eigenvalue weighted by Gasteiger charge is 2.20. The first kappa shape index (κ1) is 13.8. The maximum atomic E-state index is 14.0. The third kappa shape index (κ3) is 2.10. The number of benzene rings is 1. The van der Waals surface area contributed by atoms with Gasteiger partial charge < -0.3 is 5.32 Å². The summed E-state index contributed by atoms with van der Waals surface area (Å²) in [6.07, 6.45) is 5.66. The smallest absolute Gasteiger partial charge is 0.138 e. The summed E-state index contributed by atoms with van der Waals surface area (Å²) < 4.78 is 14.6. The Morgan fingerprint density at radius 1 is 1.25 bits per heavy atom. The average molecular weight is 337 g/mol. The number of fused-ring (bicyclic) bond motifs is 2. The minimum atomic E-state index is -0.220. The van der Waals surface area contributed by atoms with Crippen molar-refractivity contribution >= 4 is 32.5 Å². The van der Waals surface area contributed by atoms with Crippen LogP contribution in [0.2, 0.25) is 0 Å². The summed E-state index contributed by atoms with van der Waals surface area (Å²) in [5.41, 5.74) is 5.29. The molecule has 0 radical (unpaired) electrons. The van der Waals surface area contributed by atoms with Crippen molar-refractivity contribution in [2.75, 3.05) is 12.4 Å². The maximum absolute atomic E-state index is 14.0. The quantitative estimate of drug-likeness (QED) is 0.759. The summed E-state index contributed by atoms with van der Waals surface area (Å²) in [4.78, 5) is 4.85. The molecule has 1 aliphatic rings. The topological polar surface area (TPSA) is 24.9 Å². The Morgan fingerprint density at radius 2 is 2.00 bits per heavy atom. The number of nitrogens with zero attached hydrogens (tertiary/aromatic N) is 1. The van der Waals surface area contributed by atoms with E-state index in [1.807, 2.05) is 14.0 Å². The molecule has 3 rings (SSSR count). The van der Waals surface area contributed by atoms with Crippen LogP contribution in [0.5, 0.6) is 0 Å². The van der Waals surface area contributed by atoms with E-state index in [9.17, 15) is 4.39 Å². The lowest BCUT2D eigenvalue weighted by molar-refractivity contribution is 0.622. The van der Waals surface area contributed by atoms with Crippen molar-refractivity contribution < 1.29 is 4.39 Å². The van der Waals surface area contributed by atoms with Crippen LogP contribution in [0.25, 0.3) is 10.9 Å². The molecule has 0 unspecified atom stereocenters. The number of nitrogens with one attached hydrogen (secondary N) is 1. The van der Waals surface area contributed by atoms with Crippen molar-refractivity contribution in [3.05, 3.63) is 33.2 Å². The Hall–Kier alpha value is -1.16. The highest BCUT2D eigenvalue weighted by molar-refractivity contribution is 9.10. The van der Waals surface area contributed by atoms with E-state index in [-0.39, 0.29) is 5.82 Å². The second-order valence-electron chi connectivity index (χ2n) is 5.44. The van der Waals surface area contributed by atoms with Crippen LogP contribution < -0.4 is 5.32 Å². The molecular formula is C16H18BrFN2. The van der Waals surface area contributed by atoms with Crippen LogP contribution in [0.3, 0.4) is 0 Å². The normalized spacial score (nSPS) is 15.0. The molecule has 0 saturated heterocycles. The van der Waals surface area contributed by atoms with Crippen LogP contribution in [0, 0.1) is 12.7 Å². The van der Waals surface area contributed by atoms with Gasteiger partial charge in [0, 0.05) is 23.8 Å². The number of hydrogen-bond acceptors (Lipinski definition) is 2. The molecule has 0 aliphatic heterocycles. The van der Waals surface area contributed by atoms with E-state index in [4.69, 9.17) is 4.98 Å². The molecule has 1 aromatic heterocycles. The molecule has 106 valence electrons. The number of aryl methyl sites for hydroxylation is 2. The van der Waals surface area contributed by atoms with Gasteiger partial charge in [-0.2, -0.15) is 0 Å². The van der Waals surface area contributed by atoms with Gasteiger partial charge in [-0.25, -0.2) is 4.39 Å². The van der Waals surface area contributed by atoms with Gasteiger partial charge in [0.1, 0.15) is 5.82 Å². The zero-order valence-corrected chi connectivity index (χ0v) is 13.4. The van der Waals surface area contributed by atoms with Crippen LogP contribution in [0.1, 0.15) is 36.1 Å². The van der Waals surface area contributed by atoms with Crippen LogP contribution in [-0.2, 0) is 12.8 Å². The average Bonchev–Trinajstić information content (AvgIpc) is 2.67. The second kappa shape index (κ2) is 5.32. The summed E-state index contributed by atoms with van der Waals surface area (Å²) in [6.45, 7) is 1.92. The molecule has 4 heteroatoms. The van der Waals surface area contributed by atoms with Crippen LogP contribution >= 0.6 is 15.9 Å². The van der Waals surface area contributed by atoms with Crippen molar-refractivity contribution in [2.24, 2.45) is 0 Å². The van der Waals surface area contributed by atoms with Gasteiger partial charge in [-0.15, -0.1) is 0 Å². The molecule has 2 nitrogen and oxygen atoms in total. The molecule has 1 aromatic carbocycles. The van der Waals surface area contributed by atoms with Crippen molar-refractivity contribution in [3.63, 3.8) is 0 Å². The molecule has 1 heterocycles. The fourth-order valence-electron chi connectivity index (χ4n) is 3.14. The van der Waals surface area contributed by atoms with Gasteiger partial charge in [0.15, 0.2) is 0 Å². The monoisotopic (exact) mass is 336 g/mol. The Kier molecular flexibility index (Phi) is 3.67. The Balaban J connectivity index is 2.43. The van der Waals surface area contributed by atoms with Crippen molar-refractivity contribution in [3.8, 4) is 0 Å². The first-order valence-corrected chi connectivity index (χ1v) is 7.90. The zero-order chi connectivity index (χ0) is 14.3. The molecule has 0 spiro atoms. The fraction of sp³-hybridized carbons (Fsp3) is 0.438. The summed E-state index contributed by atoms with van der Waals surface area (Å²) in [6, 6.07) is 1.56. The minimum absolute atomic E-state index is 0.220. The molecular weight excluding hydrogens is 319 g/mol. The third-order valence-corrected chi connectivity index (χ3v) is 4.90. The van der Waals surface area contributed by atoms with Crippen molar-refractivity contribution in [1.82, 2.24) is 4.98 Å². The predicted molar refractivity (Wildman–Crippen MR) is 84.9 cm³/mol. The van der Waals surface area contributed by atoms with Crippen molar-refractivity contribution in [1.29, 1.82) is 0 Å². The minimum Gasteiger partial charge on any atom is -0.387 e. The summed E-state index contributed by atoms with van der Waals surface area (Å²) in [7, 11) is 1.91. The van der Waals surface area contributed by atoms with E-state index in [0.717, 1.165) is 35.0 Å². The van der Waals surface area contributed by atoms with Gasteiger partial charge in [-0.3, -0.25) is 4.98 Å². The van der Waals surface area contributed by atoms with Gasteiger partial charge >= 0.3 is 0 Å². The first-order valence-electron chi connectivity index (χ1n) is 7.11. The maximum Gasteiger partial charge on any atom is 0.138 e. The van der Waals surface area contributed by atoms with E-state index in [2.05, 4.69) is 21.2 Å². The highest BCUT2D eigenvalue weighted by atomic mass is 79.9. The van der Waals surface area contributed by atoms with Crippen LogP contribution in [0.4, 0.5) is 10.1 Å². The molecule has 0 fully saturated rings. The summed E-state index contributed by atoms with van der Waals surface area (Å²) >= 11 is 3.40. The van der Waals surface area contributed by atoms with Gasteiger partial charge in [0.05, 0.1) is 9.99 Å². The molecule has 0 amide bonds. The Labute approximate surface area is 126 Å². The van der Waals surface area contributed by atoms with E-state index in [1.54, 1.807) is 6.07 Å². The van der Waals surface area contributed by atoms with E-state index in [0.29, 0.717) is 4.47 Å². The largest absolute Gasteiger partial charge is 0.387 e. The molecule has 20 heavy (non-hydrogen) atoms. The first-order chi connectivity index (χ1) is 9.63. The summed E-state index contributed by atoms with van der Waals surface area (Å²) in [5, 5.41) is 4.16. The van der Waals surface area contributed by atoms with Crippen molar-refractivity contribution in [2.45, 2.75) is 39.0 Å². The second-order valence-corrected chi connectivity index (χ2v) is 6.23. The van der Waals surface area contributed by atoms with E-state index < -0.39 is 0 Å². The number of aromatic nitrogens is 1. The summed E-state index contributed by atoms with van der Waals surface area (Å²) in [5.74, 6) is -0.220. The van der Waals surface area contributed by atoms with E-state index in [1.165, 1.54) is 30.5 Å². The standard InChI is InChI=1S/C16H18BrFN2/c1-9-8-11(18)14(17)13-15(9)20-12-7-5-3-4-6-10(12)16(13)19-2/h8H,3-7H2,1-2H3,(H,19,20). The van der Waals surface area contributed by atoms with Crippen LogP contribution in [0.15, 0.2) is 10.5 Å². The molecule has 1 aliphatic carbocycles. The molecule has 0 atom stereocenters. The molecule has 1 N–H and O–H groups in total. The van der Waals surface area contributed by atoms with Crippen LogP contribution in [-0.4, -0.2) is 12.0 Å². The highest BCUT2D eigenvalue weighted by Crippen LogP contribution is 2.38. The lowest BCUT2D eigenvalue weighted by Gasteiger charge is -2.17. The lowest BCUT2D eigenvalue weighted by Crippen LogP contribution is -2.05. The zero-order valence-electron chi connectivity index (χ0n) is 11.8. The Morgan fingerprint density at radius 3 is 2.75 bits per heavy atom. The molecule has 0 saturated carbocycles. The van der Waals surface area contributed by atoms with Gasteiger partial charge in [0.25, 0.3) is 0 Å². The van der Waals surface area contributed by atoms with Gasteiger partial charge in [-0.1, -0.05) is 6.42 Å². The number of anilines is 1. The SMILES string of the molecule is CNc1c2c(nc3c(C)cc(F)c(Br)c13)CCCCC2. The molecule has 0 bridgehead atoms. The fourth-order valence-corrected chi connectivity index (χ4v) is 3.64. The predicted octanol–water partition coefficient (Wildman–Crippen LogP) is 4.76. The number of pyridine rings is 1. The number of rotatable bonds is 1. The third-order valence-electron chi connectivity index (χ3n) is 4.12. The number of hydrogen-bond donors (Lipinski definition) is 1.